The van der Waals surface area contributed by atoms with E-state index >= 15 is 0 Å². The zero-order valence-electron chi connectivity index (χ0n) is 12.4. The highest BCUT2D eigenvalue weighted by Gasteiger charge is 2.24. The summed E-state index contributed by atoms with van der Waals surface area (Å²) in [4.78, 5) is 32.1. The number of likely N-dealkylation sites (tertiary alicyclic amines) is 1. The number of nitrogens with one attached hydrogen (secondary N) is 1. The Kier molecular flexibility index (Phi) is 4.32. The fourth-order valence-corrected chi connectivity index (χ4v) is 2.94. The Balaban J connectivity index is 1.57. The highest BCUT2D eigenvalue weighted by Crippen LogP contribution is 2.22. The zero-order valence-corrected chi connectivity index (χ0v) is 12.4. The fraction of sp³-hybridized carbons (Fsp3) is 0.353. The number of pyridine rings is 2. The van der Waals surface area contributed by atoms with Crippen molar-refractivity contribution < 1.29 is 4.79 Å². The van der Waals surface area contributed by atoms with Gasteiger partial charge >= 0.3 is 0 Å². The van der Waals surface area contributed by atoms with Crippen molar-refractivity contribution in [3.8, 4) is 0 Å². The Labute approximate surface area is 129 Å². The van der Waals surface area contributed by atoms with Crippen molar-refractivity contribution in [1.29, 1.82) is 0 Å². The molecule has 0 aromatic carbocycles. The molecular weight excluding hydrogens is 278 g/mol. The lowest BCUT2D eigenvalue weighted by Crippen LogP contribution is -2.39. The number of hydrogen-bond acceptors (Lipinski definition) is 3. The van der Waals surface area contributed by atoms with E-state index in [1.807, 2.05) is 29.4 Å². The van der Waals surface area contributed by atoms with Crippen molar-refractivity contribution >= 4 is 5.91 Å². The number of aromatic amines is 1. The largest absolute Gasteiger partial charge is 0.337 e. The van der Waals surface area contributed by atoms with Crippen LogP contribution in [0.4, 0.5) is 0 Å². The highest BCUT2D eigenvalue weighted by atomic mass is 16.2. The minimum absolute atomic E-state index is 0.0833. The number of amides is 1. The van der Waals surface area contributed by atoms with Crippen LogP contribution in [0, 0.1) is 5.92 Å². The third kappa shape index (κ3) is 3.42. The molecule has 0 bridgehead atoms. The summed E-state index contributed by atoms with van der Waals surface area (Å²) in [5.41, 5.74) is 1.44. The van der Waals surface area contributed by atoms with Crippen LogP contribution in [0.5, 0.6) is 0 Å². The van der Waals surface area contributed by atoms with E-state index in [-0.39, 0.29) is 11.5 Å². The second-order valence-corrected chi connectivity index (χ2v) is 5.72. The molecule has 2 aromatic rings. The van der Waals surface area contributed by atoms with Gasteiger partial charge in [-0.1, -0.05) is 6.07 Å². The molecule has 5 nitrogen and oxygen atoms in total. The number of carbonyl (C=O) groups is 1. The van der Waals surface area contributed by atoms with Crippen LogP contribution in [-0.2, 0) is 6.42 Å². The predicted octanol–water partition coefficient (Wildman–Crippen LogP) is 1.86. The Morgan fingerprint density at radius 1 is 1.18 bits per heavy atom. The maximum absolute atomic E-state index is 12.4. The standard InChI is InChI=1S/C17H19N3O2/c21-16-3-1-2-15(19-16)17(22)20-10-6-14(7-11-20)12-13-4-8-18-9-5-13/h1-5,8-9,14H,6-7,10-12H2,(H,19,21). The lowest BCUT2D eigenvalue weighted by molar-refractivity contribution is 0.0684. The molecule has 1 saturated heterocycles. The lowest BCUT2D eigenvalue weighted by Gasteiger charge is -2.32. The number of rotatable bonds is 3. The molecule has 1 fully saturated rings. The first kappa shape index (κ1) is 14.5. The Hall–Kier alpha value is -2.43. The highest BCUT2D eigenvalue weighted by molar-refractivity contribution is 5.92. The summed E-state index contributed by atoms with van der Waals surface area (Å²) in [6.07, 6.45) is 6.66. The average Bonchev–Trinajstić information content (AvgIpc) is 2.56. The van der Waals surface area contributed by atoms with E-state index < -0.39 is 0 Å². The molecule has 1 aliphatic heterocycles. The third-order valence-corrected chi connectivity index (χ3v) is 4.17. The van der Waals surface area contributed by atoms with Gasteiger partial charge in [-0.05, 0) is 48.9 Å². The summed E-state index contributed by atoms with van der Waals surface area (Å²) in [7, 11) is 0. The minimum Gasteiger partial charge on any atom is -0.337 e. The molecule has 114 valence electrons. The van der Waals surface area contributed by atoms with Gasteiger partial charge < -0.3 is 9.88 Å². The maximum Gasteiger partial charge on any atom is 0.270 e. The second kappa shape index (κ2) is 6.56. The molecule has 1 amide bonds. The van der Waals surface area contributed by atoms with Crippen LogP contribution in [0.25, 0.3) is 0 Å². The van der Waals surface area contributed by atoms with Gasteiger partial charge in [0.1, 0.15) is 5.69 Å². The van der Waals surface area contributed by atoms with Crippen LogP contribution in [0.15, 0.2) is 47.5 Å². The summed E-state index contributed by atoms with van der Waals surface area (Å²) in [5, 5.41) is 0. The Morgan fingerprint density at radius 2 is 1.91 bits per heavy atom. The zero-order chi connectivity index (χ0) is 15.4. The van der Waals surface area contributed by atoms with Gasteiger partial charge in [0.05, 0.1) is 0 Å². The first-order valence-corrected chi connectivity index (χ1v) is 7.60. The normalized spacial score (nSPS) is 15.7. The number of piperidine rings is 1. The molecule has 0 unspecified atom stereocenters. The van der Waals surface area contributed by atoms with Crippen LogP contribution in [0.3, 0.4) is 0 Å². The van der Waals surface area contributed by atoms with Gasteiger partial charge in [0.2, 0.25) is 5.56 Å². The van der Waals surface area contributed by atoms with Gasteiger partial charge in [-0.2, -0.15) is 0 Å². The third-order valence-electron chi connectivity index (χ3n) is 4.17. The van der Waals surface area contributed by atoms with Crippen molar-refractivity contribution in [2.75, 3.05) is 13.1 Å². The van der Waals surface area contributed by atoms with Crippen LogP contribution < -0.4 is 5.56 Å². The molecule has 1 aliphatic rings. The molecule has 3 rings (SSSR count). The van der Waals surface area contributed by atoms with Crippen molar-refractivity contribution in [2.45, 2.75) is 19.3 Å². The molecule has 0 spiro atoms. The smallest absolute Gasteiger partial charge is 0.270 e. The van der Waals surface area contributed by atoms with Crippen LogP contribution in [0.2, 0.25) is 0 Å². The quantitative estimate of drug-likeness (QED) is 0.940. The predicted molar refractivity (Wildman–Crippen MR) is 83.6 cm³/mol. The van der Waals surface area contributed by atoms with E-state index in [2.05, 4.69) is 9.97 Å². The van der Waals surface area contributed by atoms with E-state index in [1.165, 1.54) is 11.6 Å². The molecule has 22 heavy (non-hydrogen) atoms. The van der Waals surface area contributed by atoms with Gasteiger partial charge in [-0.15, -0.1) is 0 Å². The molecule has 5 heteroatoms. The van der Waals surface area contributed by atoms with Crippen molar-refractivity contribution in [1.82, 2.24) is 14.9 Å². The first-order valence-electron chi connectivity index (χ1n) is 7.60. The van der Waals surface area contributed by atoms with Crippen LogP contribution in [-0.4, -0.2) is 33.9 Å². The second-order valence-electron chi connectivity index (χ2n) is 5.72. The van der Waals surface area contributed by atoms with E-state index in [4.69, 9.17) is 0 Å². The lowest BCUT2D eigenvalue weighted by atomic mass is 9.90. The van der Waals surface area contributed by atoms with Crippen LogP contribution in [0.1, 0.15) is 28.9 Å². The Bertz CT molecular complexity index is 688. The molecule has 0 atom stereocenters. The molecule has 2 aromatic heterocycles. The molecule has 0 saturated carbocycles. The maximum atomic E-state index is 12.4. The average molecular weight is 297 g/mol. The van der Waals surface area contributed by atoms with Gasteiger partial charge in [0.15, 0.2) is 0 Å². The molecule has 0 radical (unpaired) electrons. The number of nitrogens with zero attached hydrogens (tertiary/aromatic N) is 2. The number of hydrogen-bond donors (Lipinski definition) is 1. The van der Waals surface area contributed by atoms with Crippen LogP contribution >= 0.6 is 0 Å². The summed E-state index contributed by atoms with van der Waals surface area (Å²) in [5.74, 6) is 0.515. The van der Waals surface area contributed by atoms with E-state index in [0.29, 0.717) is 11.6 Å². The molecule has 1 N–H and O–H groups in total. The van der Waals surface area contributed by atoms with Gasteiger partial charge in [0, 0.05) is 31.5 Å². The van der Waals surface area contributed by atoms with Gasteiger partial charge in [-0.25, -0.2) is 0 Å². The van der Waals surface area contributed by atoms with Crippen molar-refractivity contribution in [3.63, 3.8) is 0 Å². The number of aromatic nitrogens is 2. The Morgan fingerprint density at radius 3 is 2.59 bits per heavy atom. The summed E-state index contributed by atoms with van der Waals surface area (Å²) >= 11 is 0. The molecular formula is C17H19N3O2. The summed E-state index contributed by atoms with van der Waals surface area (Å²) in [6.45, 7) is 1.48. The number of carbonyl (C=O) groups excluding carboxylic acids is 1. The van der Waals surface area contributed by atoms with E-state index in [9.17, 15) is 9.59 Å². The van der Waals surface area contributed by atoms with Crippen molar-refractivity contribution in [3.05, 3.63) is 64.3 Å². The summed E-state index contributed by atoms with van der Waals surface area (Å²) in [6, 6.07) is 8.78. The van der Waals surface area contributed by atoms with E-state index in [0.717, 1.165) is 32.4 Å². The van der Waals surface area contributed by atoms with Gasteiger partial charge in [0.25, 0.3) is 5.91 Å². The van der Waals surface area contributed by atoms with Gasteiger partial charge in [-0.3, -0.25) is 14.6 Å². The van der Waals surface area contributed by atoms with E-state index in [1.54, 1.807) is 12.1 Å². The number of H-pyrrole nitrogens is 1. The fourth-order valence-electron chi connectivity index (χ4n) is 2.94. The minimum atomic E-state index is -0.238. The monoisotopic (exact) mass is 297 g/mol. The molecule has 3 heterocycles. The molecule has 0 aliphatic carbocycles. The summed E-state index contributed by atoms with van der Waals surface area (Å²) < 4.78 is 0. The first-order chi connectivity index (χ1) is 10.7. The van der Waals surface area contributed by atoms with Crippen molar-refractivity contribution in [2.24, 2.45) is 5.92 Å². The SMILES string of the molecule is O=C(c1cccc(=O)[nH]1)N1CCC(Cc2ccncc2)CC1. The topological polar surface area (TPSA) is 66.1 Å².